The number of aromatic nitrogens is 4. The van der Waals surface area contributed by atoms with Crippen LogP contribution in [0.5, 0.6) is 0 Å². The number of ether oxygens (including phenoxy) is 1. The molecule has 0 bridgehead atoms. The largest absolute Gasteiger partial charge is 0.467 e. The average Bonchev–Trinajstić information content (AvgIpc) is 3.41. The van der Waals surface area contributed by atoms with Crippen LogP contribution in [0, 0.1) is 5.92 Å². The molecule has 4 heterocycles. The molecule has 1 aliphatic heterocycles. The van der Waals surface area contributed by atoms with Crippen molar-refractivity contribution in [3.8, 4) is 0 Å². The minimum absolute atomic E-state index is 0.0546. The number of nitrogens with zero attached hydrogens (tertiary/aromatic N) is 5. The van der Waals surface area contributed by atoms with Crippen LogP contribution in [0.3, 0.4) is 0 Å². The van der Waals surface area contributed by atoms with Crippen LogP contribution in [0.25, 0.3) is 5.65 Å². The lowest BCUT2D eigenvalue weighted by Gasteiger charge is -2.32. The second kappa shape index (κ2) is 8.83. The Bertz CT molecular complexity index is 886. The first kappa shape index (κ1) is 18.4. The molecule has 9 nitrogen and oxygen atoms in total. The van der Waals surface area contributed by atoms with Gasteiger partial charge in [-0.3, -0.25) is 4.79 Å². The molecule has 0 aromatic carbocycles. The summed E-state index contributed by atoms with van der Waals surface area (Å²) in [7, 11) is 0. The summed E-state index contributed by atoms with van der Waals surface area (Å²) in [5.74, 6) is 1.89. The lowest BCUT2D eigenvalue weighted by molar-refractivity contribution is -0.125. The van der Waals surface area contributed by atoms with Crippen molar-refractivity contribution in [2.45, 2.75) is 25.9 Å². The molecule has 0 saturated carbocycles. The van der Waals surface area contributed by atoms with E-state index in [9.17, 15) is 4.79 Å². The van der Waals surface area contributed by atoms with E-state index in [0.717, 1.165) is 49.6 Å². The number of carbonyl (C=O) groups is 1. The van der Waals surface area contributed by atoms with Crippen LogP contribution in [-0.4, -0.2) is 52.0 Å². The second-order valence-electron chi connectivity index (χ2n) is 6.86. The molecule has 1 saturated heterocycles. The maximum atomic E-state index is 12.4. The summed E-state index contributed by atoms with van der Waals surface area (Å²) in [6.07, 6.45) is 5.66. The van der Waals surface area contributed by atoms with Gasteiger partial charge in [0.25, 0.3) is 0 Å². The van der Waals surface area contributed by atoms with Crippen molar-refractivity contribution in [3.05, 3.63) is 42.6 Å². The van der Waals surface area contributed by atoms with Crippen LogP contribution >= 0.6 is 0 Å². The van der Waals surface area contributed by atoms with Crippen molar-refractivity contribution in [1.29, 1.82) is 0 Å². The summed E-state index contributed by atoms with van der Waals surface area (Å²) in [4.78, 5) is 14.6. The summed E-state index contributed by atoms with van der Waals surface area (Å²) in [5.41, 5.74) is 0.728. The lowest BCUT2D eigenvalue weighted by atomic mass is 9.96. The predicted octanol–water partition coefficient (Wildman–Crippen LogP) is 1.66. The molecule has 0 radical (unpaired) electrons. The third-order valence-electron chi connectivity index (χ3n) is 4.93. The Hall–Kier alpha value is -2.94. The van der Waals surface area contributed by atoms with Gasteiger partial charge in [0.1, 0.15) is 24.5 Å². The molecule has 0 spiro atoms. The number of rotatable bonds is 8. The van der Waals surface area contributed by atoms with Crippen molar-refractivity contribution in [2.75, 3.05) is 31.1 Å². The first-order valence-corrected chi connectivity index (χ1v) is 9.59. The Kier molecular flexibility index (Phi) is 5.81. The van der Waals surface area contributed by atoms with E-state index >= 15 is 0 Å². The number of furan rings is 1. The maximum absolute atomic E-state index is 12.4. The van der Waals surface area contributed by atoms with Crippen LogP contribution < -0.4 is 10.2 Å². The Morgan fingerprint density at radius 1 is 1.29 bits per heavy atom. The molecule has 9 heteroatoms. The molecule has 4 rings (SSSR count). The molecule has 1 aliphatic rings. The van der Waals surface area contributed by atoms with Crippen molar-refractivity contribution < 1.29 is 13.9 Å². The molecule has 28 heavy (non-hydrogen) atoms. The van der Waals surface area contributed by atoms with E-state index in [1.807, 2.05) is 24.3 Å². The zero-order valence-electron chi connectivity index (χ0n) is 15.7. The van der Waals surface area contributed by atoms with Crippen LogP contribution in [0.1, 0.15) is 25.0 Å². The van der Waals surface area contributed by atoms with Crippen molar-refractivity contribution in [1.82, 2.24) is 25.1 Å². The molecule has 0 atom stereocenters. The standard InChI is InChI=1S/C19H24N6O3/c26-19(20-8-2-11-27-13-16-3-1-12-28-16)15-6-9-24(10-7-15)18-5-4-17-22-21-14-25(17)23-18/h1,3-5,12,14-15H,2,6-11,13H2,(H,20,26). The zero-order chi connectivity index (χ0) is 19.2. The maximum Gasteiger partial charge on any atom is 0.223 e. The van der Waals surface area contributed by atoms with E-state index in [1.54, 1.807) is 17.1 Å². The third-order valence-corrected chi connectivity index (χ3v) is 4.93. The van der Waals surface area contributed by atoms with Gasteiger partial charge in [-0.05, 0) is 43.5 Å². The summed E-state index contributed by atoms with van der Waals surface area (Å²) >= 11 is 0. The predicted molar refractivity (Wildman–Crippen MR) is 102 cm³/mol. The van der Waals surface area contributed by atoms with Crippen LogP contribution in [-0.2, 0) is 16.1 Å². The fraction of sp³-hybridized carbons (Fsp3) is 0.474. The molecule has 0 unspecified atom stereocenters. The minimum Gasteiger partial charge on any atom is -0.467 e. The van der Waals surface area contributed by atoms with E-state index in [0.29, 0.717) is 19.8 Å². The van der Waals surface area contributed by atoms with Gasteiger partial charge in [0.15, 0.2) is 5.65 Å². The van der Waals surface area contributed by atoms with Crippen molar-refractivity contribution >= 4 is 17.4 Å². The zero-order valence-corrected chi connectivity index (χ0v) is 15.7. The summed E-state index contributed by atoms with van der Waals surface area (Å²) in [5, 5.41) is 15.4. The normalized spacial score (nSPS) is 15.2. The van der Waals surface area contributed by atoms with E-state index in [4.69, 9.17) is 9.15 Å². The van der Waals surface area contributed by atoms with Gasteiger partial charge in [0.2, 0.25) is 5.91 Å². The molecule has 148 valence electrons. The van der Waals surface area contributed by atoms with Gasteiger partial charge in [0.05, 0.1) is 6.26 Å². The van der Waals surface area contributed by atoms with Crippen LogP contribution in [0.2, 0.25) is 0 Å². The number of amides is 1. The summed E-state index contributed by atoms with van der Waals surface area (Å²) < 4.78 is 12.4. The SMILES string of the molecule is O=C(NCCCOCc1ccco1)C1CCN(c2ccc3nncn3n2)CC1. The van der Waals surface area contributed by atoms with Gasteiger partial charge in [0, 0.05) is 32.2 Å². The van der Waals surface area contributed by atoms with E-state index in [2.05, 4.69) is 25.5 Å². The Morgan fingerprint density at radius 2 is 2.18 bits per heavy atom. The number of anilines is 1. The number of hydrogen-bond donors (Lipinski definition) is 1. The van der Waals surface area contributed by atoms with Gasteiger partial charge < -0.3 is 19.4 Å². The third kappa shape index (κ3) is 4.48. The Labute approximate surface area is 162 Å². The molecule has 0 aliphatic carbocycles. The molecule has 3 aromatic rings. The van der Waals surface area contributed by atoms with E-state index in [-0.39, 0.29) is 11.8 Å². The van der Waals surface area contributed by atoms with Crippen LogP contribution in [0.4, 0.5) is 5.82 Å². The first-order chi connectivity index (χ1) is 13.8. The second-order valence-corrected chi connectivity index (χ2v) is 6.86. The van der Waals surface area contributed by atoms with Gasteiger partial charge in [-0.2, -0.15) is 4.52 Å². The van der Waals surface area contributed by atoms with Crippen molar-refractivity contribution in [3.63, 3.8) is 0 Å². The number of fused-ring (bicyclic) bond motifs is 1. The number of carbonyl (C=O) groups excluding carboxylic acids is 1. The highest BCUT2D eigenvalue weighted by Crippen LogP contribution is 2.22. The summed E-state index contributed by atoms with van der Waals surface area (Å²) in [6.45, 7) is 3.31. The molecule has 1 fully saturated rings. The quantitative estimate of drug-likeness (QED) is 0.590. The van der Waals surface area contributed by atoms with E-state index in [1.165, 1.54) is 0 Å². The molecular weight excluding hydrogens is 360 g/mol. The van der Waals surface area contributed by atoms with Crippen molar-refractivity contribution in [2.24, 2.45) is 5.92 Å². The molecular formula is C19H24N6O3. The van der Waals surface area contributed by atoms with Gasteiger partial charge >= 0.3 is 0 Å². The fourth-order valence-electron chi connectivity index (χ4n) is 3.36. The van der Waals surface area contributed by atoms with E-state index < -0.39 is 0 Å². The van der Waals surface area contributed by atoms with Gasteiger partial charge in [-0.25, -0.2) is 0 Å². The number of piperidine rings is 1. The fourth-order valence-corrected chi connectivity index (χ4v) is 3.36. The highest BCUT2D eigenvalue weighted by Gasteiger charge is 2.25. The molecule has 1 N–H and O–H groups in total. The average molecular weight is 384 g/mol. The topological polar surface area (TPSA) is 97.8 Å². The molecule has 1 amide bonds. The Balaban J connectivity index is 1.14. The first-order valence-electron chi connectivity index (χ1n) is 9.59. The smallest absolute Gasteiger partial charge is 0.223 e. The lowest BCUT2D eigenvalue weighted by Crippen LogP contribution is -2.41. The molecule has 3 aromatic heterocycles. The van der Waals surface area contributed by atoms with Gasteiger partial charge in [-0.1, -0.05) is 0 Å². The summed E-state index contributed by atoms with van der Waals surface area (Å²) in [6, 6.07) is 7.58. The monoisotopic (exact) mass is 384 g/mol. The van der Waals surface area contributed by atoms with Gasteiger partial charge in [-0.15, -0.1) is 15.3 Å². The minimum atomic E-state index is 0.0546. The highest BCUT2D eigenvalue weighted by molar-refractivity contribution is 5.78. The number of hydrogen-bond acceptors (Lipinski definition) is 7. The van der Waals surface area contributed by atoms with Crippen LogP contribution in [0.15, 0.2) is 41.3 Å². The highest BCUT2D eigenvalue weighted by atomic mass is 16.5. The number of nitrogens with one attached hydrogen (secondary N) is 1. The Morgan fingerprint density at radius 3 is 3.00 bits per heavy atom.